The van der Waals surface area contributed by atoms with Gasteiger partial charge in [-0.2, -0.15) is 0 Å². The van der Waals surface area contributed by atoms with Crippen molar-refractivity contribution in [1.82, 2.24) is 9.80 Å². The molecular weight excluding hydrogens is 428 g/mol. The summed E-state index contributed by atoms with van der Waals surface area (Å²) in [5.74, 6) is 0.324. The van der Waals surface area contributed by atoms with E-state index in [1.807, 2.05) is 44.2 Å². The molecule has 1 fully saturated rings. The normalized spacial score (nSPS) is 14.9. The van der Waals surface area contributed by atoms with Gasteiger partial charge in [-0.15, -0.1) is 0 Å². The molecule has 0 spiro atoms. The Hall–Kier alpha value is -3.26. The lowest BCUT2D eigenvalue weighted by Gasteiger charge is -2.28. The first kappa shape index (κ1) is 23.4. The highest BCUT2D eigenvalue weighted by Crippen LogP contribution is 2.34. The van der Waals surface area contributed by atoms with Gasteiger partial charge in [0.05, 0.1) is 19.1 Å². The van der Waals surface area contributed by atoms with Gasteiger partial charge in [-0.3, -0.25) is 19.3 Å². The zero-order chi connectivity index (χ0) is 23.3. The Morgan fingerprint density at radius 1 is 1.06 bits per heavy atom. The van der Waals surface area contributed by atoms with E-state index >= 15 is 0 Å². The number of methoxy groups -OCH3 is 2. The number of nitrogens with zero attached hydrogens (tertiary/aromatic N) is 2. The summed E-state index contributed by atoms with van der Waals surface area (Å²) in [4.78, 5) is 41.3. The third-order valence-corrected chi connectivity index (χ3v) is 5.92. The summed E-state index contributed by atoms with van der Waals surface area (Å²) in [5.41, 5.74) is 1.67. The highest BCUT2D eigenvalue weighted by Gasteiger charge is 2.37. The lowest BCUT2D eigenvalue weighted by atomic mass is 10.1. The Kier molecular flexibility index (Phi) is 7.58. The monoisotopic (exact) mass is 454 g/mol. The van der Waals surface area contributed by atoms with E-state index in [1.54, 1.807) is 29.2 Å². The van der Waals surface area contributed by atoms with Crippen LogP contribution in [-0.2, 0) is 16.1 Å². The fourth-order valence-corrected chi connectivity index (χ4v) is 4.13. The van der Waals surface area contributed by atoms with E-state index in [4.69, 9.17) is 9.47 Å². The molecule has 1 heterocycles. The number of hydrogen-bond acceptors (Lipinski definition) is 6. The molecule has 0 radical (unpaired) electrons. The molecule has 1 aliphatic heterocycles. The van der Waals surface area contributed by atoms with Crippen molar-refractivity contribution in [2.75, 3.05) is 20.8 Å². The minimum atomic E-state index is -0.480. The van der Waals surface area contributed by atoms with Crippen LogP contribution in [0.25, 0.3) is 6.08 Å². The zero-order valence-corrected chi connectivity index (χ0v) is 19.3. The van der Waals surface area contributed by atoms with Crippen molar-refractivity contribution in [2.24, 2.45) is 0 Å². The highest BCUT2D eigenvalue weighted by atomic mass is 32.2. The Morgan fingerprint density at radius 3 is 2.38 bits per heavy atom. The summed E-state index contributed by atoms with van der Waals surface area (Å²) in [5, 5.41) is -0.460. The molecule has 8 heteroatoms. The highest BCUT2D eigenvalue weighted by molar-refractivity contribution is 8.18. The standard InChI is InChI=1S/C24H26N2O5S/c1-16(2)25(14-17-8-6-5-7-9-17)22(27)15-26-23(28)21(32-24(26)29)13-18-10-11-19(30-3)20(12-18)31-4/h5-13,16H,14-15H2,1-4H3. The number of rotatable bonds is 8. The first-order chi connectivity index (χ1) is 15.3. The van der Waals surface area contributed by atoms with Crippen molar-refractivity contribution in [3.8, 4) is 11.5 Å². The van der Waals surface area contributed by atoms with E-state index in [0.717, 1.165) is 22.2 Å². The van der Waals surface area contributed by atoms with Gasteiger partial charge < -0.3 is 14.4 Å². The van der Waals surface area contributed by atoms with Crippen molar-refractivity contribution in [1.29, 1.82) is 0 Å². The van der Waals surface area contributed by atoms with Gasteiger partial charge in [0.1, 0.15) is 6.54 Å². The molecule has 3 amide bonds. The van der Waals surface area contributed by atoms with Gasteiger partial charge in [0.2, 0.25) is 5.91 Å². The van der Waals surface area contributed by atoms with Gasteiger partial charge in [-0.05, 0) is 54.9 Å². The first-order valence-corrected chi connectivity index (χ1v) is 11.0. The lowest BCUT2D eigenvalue weighted by Crippen LogP contribution is -2.44. The molecule has 32 heavy (non-hydrogen) atoms. The molecule has 1 saturated heterocycles. The van der Waals surface area contributed by atoms with E-state index < -0.39 is 11.1 Å². The van der Waals surface area contributed by atoms with Gasteiger partial charge in [-0.1, -0.05) is 36.4 Å². The smallest absolute Gasteiger partial charge is 0.294 e. The maximum Gasteiger partial charge on any atom is 0.294 e. The van der Waals surface area contributed by atoms with Gasteiger partial charge in [0.15, 0.2) is 11.5 Å². The molecule has 0 aromatic heterocycles. The van der Waals surface area contributed by atoms with Gasteiger partial charge in [0, 0.05) is 12.6 Å². The maximum absolute atomic E-state index is 13.0. The number of carbonyl (C=O) groups is 3. The van der Waals surface area contributed by atoms with Crippen LogP contribution in [0.4, 0.5) is 4.79 Å². The largest absolute Gasteiger partial charge is 0.493 e. The number of ether oxygens (including phenoxy) is 2. The second-order valence-corrected chi connectivity index (χ2v) is 8.48. The number of hydrogen-bond donors (Lipinski definition) is 0. The summed E-state index contributed by atoms with van der Waals surface area (Å²) in [7, 11) is 3.06. The van der Waals surface area contributed by atoms with E-state index in [-0.39, 0.29) is 23.4 Å². The lowest BCUT2D eigenvalue weighted by molar-refractivity contribution is -0.137. The molecule has 7 nitrogen and oxygen atoms in total. The fourth-order valence-electron chi connectivity index (χ4n) is 3.30. The minimum Gasteiger partial charge on any atom is -0.493 e. The van der Waals surface area contributed by atoms with E-state index in [9.17, 15) is 14.4 Å². The minimum absolute atomic E-state index is 0.0788. The van der Waals surface area contributed by atoms with Crippen LogP contribution in [0.3, 0.4) is 0 Å². The van der Waals surface area contributed by atoms with Crippen LogP contribution in [0.2, 0.25) is 0 Å². The molecule has 0 bridgehead atoms. The van der Waals surface area contributed by atoms with E-state index in [0.29, 0.717) is 23.6 Å². The number of imide groups is 1. The second-order valence-electron chi connectivity index (χ2n) is 7.48. The Morgan fingerprint density at radius 2 is 1.75 bits per heavy atom. The number of thioether (sulfide) groups is 1. The fraction of sp³-hybridized carbons (Fsp3) is 0.292. The molecule has 1 aliphatic rings. The summed E-state index contributed by atoms with van der Waals surface area (Å²) in [6.07, 6.45) is 1.61. The van der Waals surface area contributed by atoms with Crippen LogP contribution in [-0.4, -0.2) is 53.7 Å². The molecule has 0 saturated carbocycles. The third kappa shape index (κ3) is 5.31. The summed E-state index contributed by atoms with van der Waals surface area (Å²) < 4.78 is 10.5. The molecule has 0 aliphatic carbocycles. The molecular formula is C24H26N2O5S. The van der Waals surface area contributed by atoms with Crippen molar-refractivity contribution in [3.05, 3.63) is 64.6 Å². The summed E-state index contributed by atoms with van der Waals surface area (Å²) >= 11 is 0.822. The third-order valence-electron chi connectivity index (χ3n) is 5.01. The molecule has 0 atom stereocenters. The van der Waals surface area contributed by atoms with Gasteiger partial charge >= 0.3 is 0 Å². The number of amides is 3. The second kappa shape index (κ2) is 10.4. The average Bonchev–Trinajstić information content (AvgIpc) is 3.05. The van der Waals surface area contributed by atoms with Crippen molar-refractivity contribution in [3.63, 3.8) is 0 Å². The predicted molar refractivity (Wildman–Crippen MR) is 124 cm³/mol. The van der Waals surface area contributed by atoms with Crippen LogP contribution in [0, 0.1) is 0 Å². The summed E-state index contributed by atoms with van der Waals surface area (Å²) in [6, 6.07) is 14.7. The number of benzene rings is 2. The van der Waals surface area contributed by atoms with Crippen molar-refractivity contribution >= 4 is 34.9 Å². The van der Waals surface area contributed by atoms with Crippen LogP contribution in [0.5, 0.6) is 11.5 Å². The maximum atomic E-state index is 13.0. The van der Waals surface area contributed by atoms with Crippen LogP contribution >= 0.6 is 11.8 Å². The molecule has 0 N–H and O–H groups in total. The quantitative estimate of drug-likeness (QED) is 0.557. The molecule has 2 aromatic rings. The van der Waals surface area contributed by atoms with Crippen molar-refractivity contribution < 1.29 is 23.9 Å². The van der Waals surface area contributed by atoms with Gasteiger partial charge in [-0.25, -0.2) is 0 Å². The number of carbonyl (C=O) groups excluding carboxylic acids is 3. The SMILES string of the molecule is COc1ccc(C=C2SC(=O)N(CC(=O)N(Cc3ccccc3)C(C)C)C2=O)cc1OC. The Bertz CT molecular complexity index is 1040. The molecule has 0 unspecified atom stereocenters. The molecule has 3 rings (SSSR count). The predicted octanol–water partition coefficient (Wildman–Crippen LogP) is 4.18. The Balaban J connectivity index is 1.75. The van der Waals surface area contributed by atoms with Crippen LogP contribution in [0.15, 0.2) is 53.4 Å². The van der Waals surface area contributed by atoms with Crippen LogP contribution in [0.1, 0.15) is 25.0 Å². The molecule has 2 aromatic carbocycles. The topological polar surface area (TPSA) is 76.2 Å². The zero-order valence-electron chi connectivity index (χ0n) is 18.5. The van der Waals surface area contributed by atoms with E-state index in [1.165, 1.54) is 14.2 Å². The first-order valence-electron chi connectivity index (χ1n) is 10.1. The Labute approximate surface area is 192 Å². The van der Waals surface area contributed by atoms with Crippen molar-refractivity contribution in [2.45, 2.75) is 26.4 Å². The molecule has 168 valence electrons. The summed E-state index contributed by atoms with van der Waals surface area (Å²) in [6.45, 7) is 3.94. The van der Waals surface area contributed by atoms with Gasteiger partial charge in [0.25, 0.3) is 11.1 Å². The average molecular weight is 455 g/mol. The van der Waals surface area contributed by atoms with E-state index in [2.05, 4.69) is 0 Å². The van der Waals surface area contributed by atoms with Crippen LogP contribution < -0.4 is 9.47 Å².